The molecule has 10 nitrogen and oxygen atoms in total. The van der Waals surface area contributed by atoms with Gasteiger partial charge in [-0.05, 0) is 17.7 Å². The minimum absolute atomic E-state index is 0.0485. The van der Waals surface area contributed by atoms with Crippen LogP contribution >= 0.6 is 0 Å². The van der Waals surface area contributed by atoms with E-state index < -0.39 is 61.6 Å². The smallest absolute Gasteiger partial charge is 0.248 e. The summed E-state index contributed by atoms with van der Waals surface area (Å²) in [6, 6.07) is 15.2. The molecule has 1 atom stereocenters. The summed E-state index contributed by atoms with van der Waals surface area (Å²) >= 11 is 0. The van der Waals surface area contributed by atoms with Crippen LogP contribution in [0, 0.1) is 0 Å². The molecule has 0 aliphatic heterocycles. The van der Waals surface area contributed by atoms with Crippen molar-refractivity contribution < 1.29 is 31.2 Å². The number of primary amides is 1. The van der Waals surface area contributed by atoms with Crippen molar-refractivity contribution >= 4 is 37.5 Å². The predicted octanol–water partition coefficient (Wildman–Crippen LogP) is -0.881. The van der Waals surface area contributed by atoms with Gasteiger partial charge in [0.15, 0.2) is 15.6 Å². The summed E-state index contributed by atoms with van der Waals surface area (Å²) < 4.78 is 51.3. The summed E-state index contributed by atoms with van der Waals surface area (Å²) in [7, 11) is -8.24. The maximum absolute atomic E-state index is 12.5. The monoisotopic (exact) mass is 467 g/mol. The number of ketones is 1. The Bertz CT molecular complexity index is 1150. The molecule has 31 heavy (non-hydrogen) atoms. The highest BCUT2D eigenvalue weighted by atomic mass is 32.2. The van der Waals surface area contributed by atoms with Gasteiger partial charge in [-0.2, -0.15) is 0 Å². The van der Waals surface area contributed by atoms with E-state index in [2.05, 4.69) is 4.72 Å². The van der Waals surface area contributed by atoms with Crippen molar-refractivity contribution in [1.82, 2.24) is 10.0 Å². The van der Waals surface area contributed by atoms with Crippen LogP contribution in [0.1, 0.15) is 5.56 Å². The van der Waals surface area contributed by atoms with E-state index in [1.54, 1.807) is 24.3 Å². The Morgan fingerprint density at radius 2 is 1.39 bits per heavy atom. The minimum Gasteiger partial charge on any atom is -0.368 e. The topological polar surface area (TPSA) is 170 Å². The average Bonchev–Trinajstić information content (AvgIpc) is 2.71. The van der Waals surface area contributed by atoms with Gasteiger partial charge in [-0.25, -0.2) is 21.6 Å². The lowest BCUT2D eigenvalue weighted by Crippen LogP contribution is -2.50. The van der Waals surface area contributed by atoms with E-state index in [0.29, 0.717) is 5.56 Å². The zero-order chi connectivity index (χ0) is 23.1. The number of carbonyl (C=O) groups excluding carboxylic acids is 3. The van der Waals surface area contributed by atoms with Crippen molar-refractivity contribution in [3.8, 4) is 0 Å². The van der Waals surface area contributed by atoms with Crippen LogP contribution < -0.4 is 15.8 Å². The van der Waals surface area contributed by atoms with E-state index in [4.69, 9.17) is 5.73 Å². The molecule has 12 heteroatoms. The molecule has 0 bridgehead atoms. The molecule has 0 aromatic heterocycles. The van der Waals surface area contributed by atoms with E-state index in [9.17, 15) is 31.2 Å². The van der Waals surface area contributed by atoms with Crippen molar-refractivity contribution in [2.75, 3.05) is 13.1 Å². The fourth-order valence-corrected chi connectivity index (χ4v) is 5.18. The third-order valence-electron chi connectivity index (χ3n) is 4.04. The molecule has 2 rings (SSSR count). The average molecular weight is 468 g/mol. The molecule has 0 aliphatic carbocycles. The lowest BCUT2D eigenvalue weighted by atomic mass is 10.2. The molecular formula is C19H21N3O7S2. The molecule has 0 aliphatic rings. The van der Waals surface area contributed by atoms with Gasteiger partial charge >= 0.3 is 0 Å². The molecule has 0 saturated carbocycles. The molecule has 2 aromatic carbocycles. The number of hydrogen-bond donors (Lipinski definition) is 3. The normalized spacial score (nSPS) is 12.6. The van der Waals surface area contributed by atoms with E-state index >= 15 is 0 Å². The molecule has 1 unspecified atom stereocenters. The number of Topliss-reactive ketones (excluding diaryl/α,β-unsaturated/α-hetero) is 1. The number of sulfonamides is 1. The third kappa shape index (κ3) is 6.98. The van der Waals surface area contributed by atoms with Crippen LogP contribution in [-0.2, 0) is 40.0 Å². The number of sulfone groups is 1. The number of nitrogens with two attached hydrogens (primary N) is 1. The molecule has 2 amide bonds. The molecule has 166 valence electrons. The van der Waals surface area contributed by atoms with Crippen molar-refractivity contribution in [3.63, 3.8) is 0 Å². The summed E-state index contributed by atoms with van der Waals surface area (Å²) in [5.41, 5.74) is 5.46. The Kier molecular flexibility index (Phi) is 8.02. The van der Waals surface area contributed by atoms with Crippen LogP contribution in [0.2, 0.25) is 0 Å². The molecular weight excluding hydrogens is 446 g/mol. The lowest BCUT2D eigenvalue weighted by molar-refractivity contribution is -0.129. The van der Waals surface area contributed by atoms with Gasteiger partial charge in [-0.3, -0.25) is 14.4 Å². The van der Waals surface area contributed by atoms with Crippen molar-refractivity contribution in [3.05, 3.63) is 66.2 Å². The second kappa shape index (κ2) is 10.3. The van der Waals surface area contributed by atoms with E-state index in [1.807, 2.05) is 5.32 Å². The lowest BCUT2D eigenvalue weighted by Gasteiger charge is -2.14. The summed E-state index contributed by atoms with van der Waals surface area (Å²) in [4.78, 5) is 35.8. The Balaban J connectivity index is 1.97. The Labute approximate surface area is 179 Å². The summed E-state index contributed by atoms with van der Waals surface area (Å²) in [5, 5.41) is -0.165. The van der Waals surface area contributed by atoms with Gasteiger partial charge in [0.1, 0.15) is 0 Å². The summed E-state index contributed by atoms with van der Waals surface area (Å²) in [6.45, 7) is -1.34. The maximum atomic E-state index is 12.5. The second-order valence-corrected chi connectivity index (χ2v) is 10.3. The highest BCUT2D eigenvalue weighted by Gasteiger charge is 2.37. The summed E-state index contributed by atoms with van der Waals surface area (Å²) in [5.74, 6) is -4.00. The molecule has 0 saturated heterocycles. The van der Waals surface area contributed by atoms with E-state index in [1.165, 1.54) is 36.4 Å². The van der Waals surface area contributed by atoms with E-state index in [0.717, 1.165) is 0 Å². The van der Waals surface area contributed by atoms with Crippen LogP contribution in [0.4, 0.5) is 0 Å². The SMILES string of the molecule is NC(=O)C(C(=O)NCC(=O)CNS(=O)(=O)c1ccccc1)S(=O)(=O)Cc1ccccc1. The number of rotatable bonds is 11. The van der Waals surface area contributed by atoms with Gasteiger partial charge in [0.25, 0.3) is 0 Å². The third-order valence-corrected chi connectivity index (χ3v) is 7.36. The first-order chi connectivity index (χ1) is 14.5. The Morgan fingerprint density at radius 3 is 1.94 bits per heavy atom. The van der Waals surface area contributed by atoms with Gasteiger partial charge < -0.3 is 11.1 Å². The maximum Gasteiger partial charge on any atom is 0.248 e. The largest absolute Gasteiger partial charge is 0.368 e. The zero-order valence-corrected chi connectivity index (χ0v) is 17.9. The standard InChI is InChI=1S/C19H21N3O7S2/c20-18(24)17(30(26,27)13-14-7-3-1-4-8-14)19(25)21-11-15(23)12-22-31(28,29)16-9-5-2-6-10-16/h1-10,17,22H,11-13H2,(H2,20,24)(H,21,25). The van der Waals surface area contributed by atoms with Crippen LogP contribution in [0.25, 0.3) is 0 Å². The molecule has 4 N–H and O–H groups in total. The van der Waals surface area contributed by atoms with Gasteiger partial charge in [-0.1, -0.05) is 48.5 Å². The van der Waals surface area contributed by atoms with Crippen LogP contribution in [0.5, 0.6) is 0 Å². The number of nitrogens with one attached hydrogen (secondary N) is 2. The molecule has 0 spiro atoms. The fourth-order valence-electron chi connectivity index (χ4n) is 2.56. The van der Waals surface area contributed by atoms with Gasteiger partial charge in [0, 0.05) is 0 Å². The predicted molar refractivity (Wildman–Crippen MR) is 112 cm³/mol. The first kappa shape index (κ1) is 24.2. The minimum atomic E-state index is -4.30. The number of hydrogen-bond acceptors (Lipinski definition) is 7. The van der Waals surface area contributed by atoms with Gasteiger partial charge in [-0.15, -0.1) is 0 Å². The molecule has 2 aromatic rings. The first-order valence-electron chi connectivity index (χ1n) is 8.92. The van der Waals surface area contributed by atoms with Crippen molar-refractivity contribution in [2.24, 2.45) is 5.73 Å². The van der Waals surface area contributed by atoms with Crippen LogP contribution in [0.15, 0.2) is 65.6 Å². The fraction of sp³-hybridized carbons (Fsp3) is 0.211. The zero-order valence-electron chi connectivity index (χ0n) is 16.2. The summed E-state index contributed by atoms with van der Waals surface area (Å²) in [6.07, 6.45) is 0. The quantitative estimate of drug-likeness (QED) is 0.360. The van der Waals surface area contributed by atoms with E-state index in [-0.39, 0.29) is 4.90 Å². The van der Waals surface area contributed by atoms with Crippen molar-refractivity contribution in [2.45, 2.75) is 15.9 Å². The first-order valence-corrected chi connectivity index (χ1v) is 12.1. The number of benzene rings is 2. The van der Waals surface area contributed by atoms with Crippen molar-refractivity contribution in [1.29, 1.82) is 0 Å². The molecule has 0 heterocycles. The Morgan fingerprint density at radius 1 is 0.839 bits per heavy atom. The highest BCUT2D eigenvalue weighted by Crippen LogP contribution is 2.12. The number of amides is 2. The van der Waals surface area contributed by atoms with Gasteiger partial charge in [0.2, 0.25) is 27.1 Å². The second-order valence-electron chi connectivity index (χ2n) is 6.47. The number of carbonyl (C=O) groups is 3. The molecule has 0 radical (unpaired) electrons. The molecule has 0 fully saturated rings. The Hall–Kier alpha value is -3.09. The highest BCUT2D eigenvalue weighted by molar-refractivity contribution is 7.92. The van der Waals surface area contributed by atoms with Gasteiger partial charge in [0.05, 0.1) is 23.7 Å². The van der Waals surface area contributed by atoms with Crippen LogP contribution in [-0.4, -0.2) is 52.8 Å². The van der Waals surface area contributed by atoms with Crippen LogP contribution in [0.3, 0.4) is 0 Å².